The summed E-state index contributed by atoms with van der Waals surface area (Å²) in [5, 5.41) is 3.46. The number of anilines is 1. The maximum atomic E-state index is 13.3. The average Bonchev–Trinajstić information content (AvgIpc) is 2.91. The molecule has 0 aliphatic carbocycles. The van der Waals surface area contributed by atoms with Gasteiger partial charge < -0.3 is 15.2 Å². The summed E-state index contributed by atoms with van der Waals surface area (Å²) in [6.07, 6.45) is 3.59. The first-order chi connectivity index (χ1) is 10.3. The molecule has 3 rings (SSSR count). The number of halogens is 1. The average molecular weight is 290 g/mol. The zero-order valence-corrected chi connectivity index (χ0v) is 12.5. The van der Waals surface area contributed by atoms with Gasteiger partial charge in [-0.3, -0.25) is 0 Å². The lowest BCUT2D eigenvalue weighted by atomic mass is 9.99. The summed E-state index contributed by atoms with van der Waals surface area (Å²) in [6, 6.07) is 4.71. The number of fused-ring (bicyclic) bond motifs is 1. The summed E-state index contributed by atoms with van der Waals surface area (Å²) >= 11 is 0. The number of hydrogen-bond donors (Lipinski definition) is 2. The minimum absolute atomic E-state index is 0.226. The highest BCUT2D eigenvalue weighted by atomic mass is 19.1. The molecule has 1 unspecified atom stereocenters. The van der Waals surface area contributed by atoms with Crippen molar-refractivity contribution in [1.82, 2.24) is 15.3 Å². The Hall–Kier alpha value is -1.62. The van der Waals surface area contributed by atoms with E-state index in [9.17, 15) is 4.39 Å². The Morgan fingerprint density at radius 2 is 2.33 bits per heavy atom. The molecule has 21 heavy (non-hydrogen) atoms. The quantitative estimate of drug-likeness (QED) is 0.890. The van der Waals surface area contributed by atoms with E-state index in [1.165, 1.54) is 25.0 Å². The Morgan fingerprint density at radius 3 is 3.10 bits per heavy atom. The van der Waals surface area contributed by atoms with Crippen LogP contribution in [0.5, 0.6) is 0 Å². The number of benzene rings is 1. The maximum Gasteiger partial charge on any atom is 0.203 e. The molecule has 0 radical (unpaired) electrons. The van der Waals surface area contributed by atoms with Crippen molar-refractivity contribution in [3.8, 4) is 0 Å². The van der Waals surface area contributed by atoms with Crippen molar-refractivity contribution in [3.05, 3.63) is 24.0 Å². The SMILES string of the molecule is CCCN(CC1CCCNC1)c1nc2ccc(F)cc2[nH]1. The maximum absolute atomic E-state index is 13.3. The van der Waals surface area contributed by atoms with Crippen LogP contribution in [0.25, 0.3) is 11.0 Å². The monoisotopic (exact) mass is 290 g/mol. The smallest absolute Gasteiger partial charge is 0.203 e. The van der Waals surface area contributed by atoms with Gasteiger partial charge in [0.2, 0.25) is 5.95 Å². The van der Waals surface area contributed by atoms with Crippen LogP contribution in [-0.4, -0.2) is 36.1 Å². The Labute approximate surface area is 124 Å². The Balaban J connectivity index is 1.80. The van der Waals surface area contributed by atoms with Gasteiger partial charge in [0.05, 0.1) is 11.0 Å². The van der Waals surface area contributed by atoms with Gasteiger partial charge >= 0.3 is 0 Å². The number of H-pyrrole nitrogens is 1. The Bertz CT molecular complexity index is 589. The molecule has 1 atom stereocenters. The van der Waals surface area contributed by atoms with Crippen molar-refractivity contribution in [2.45, 2.75) is 26.2 Å². The number of piperidine rings is 1. The van der Waals surface area contributed by atoms with Crippen LogP contribution in [0.15, 0.2) is 18.2 Å². The first-order valence-corrected chi connectivity index (χ1v) is 7.87. The van der Waals surface area contributed by atoms with Gasteiger partial charge in [0.1, 0.15) is 5.82 Å². The lowest BCUT2D eigenvalue weighted by Crippen LogP contribution is -2.39. The predicted octanol–water partition coefficient (Wildman–Crippen LogP) is 2.92. The standard InChI is InChI=1S/C16H23FN4/c1-2-8-21(11-12-4-3-7-18-10-12)16-19-14-6-5-13(17)9-15(14)20-16/h5-6,9,12,18H,2-4,7-8,10-11H2,1H3,(H,19,20). The molecule has 0 amide bonds. The van der Waals surface area contributed by atoms with Crippen molar-refractivity contribution in [3.63, 3.8) is 0 Å². The zero-order chi connectivity index (χ0) is 14.7. The van der Waals surface area contributed by atoms with E-state index in [0.717, 1.165) is 49.6 Å². The molecular formula is C16H23FN4. The fraction of sp³-hybridized carbons (Fsp3) is 0.562. The van der Waals surface area contributed by atoms with E-state index < -0.39 is 0 Å². The number of imidazole rings is 1. The molecule has 0 spiro atoms. The Morgan fingerprint density at radius 1 is 1.43 bits per heavy atom. The third kappa shape index (κ3) is 3.35. The number of nitrogens with zero attached hydrogens (tertiary/aromatic N) is 2. The van der Waals surface area contributed by atoms with E-state index in [1.54, 1.807) is 6.07 Å². The largest absolute Gasteiger partial charge is 0.342 e. The fourth-order valence-corrected chi connectivity index (χ4v) is 3.06. The zero-order valence-electron chi connectivity index (χ0n) is 12.5. The third-order valence-electron chi connectivity index (χ3n) is 4.10. The molecule has 0 bridgehead atoms. The Kier molecular flexibility index (Phi) is 4.39. The molecule has 1 aliphatic rings. The molecule has 4 nitrogen and oxygen atoms in total. The lowest BCUT2D eigenvalue weighted by molar-refractivity contribution is 0.375. The summed E-state index contributed by atoms with van der Waals surface area (Å²) in [5.74, 6) is 1.30. The van der Waals surface area contributed by atoms with Crippen molar-refractivity contribution in [2.75, 3.05) is 31.1 Å². The minimum Gasteiger partial charge on any atom is -0.342 e. The van der Waals surface area contributed by atoms with Crippen molar-refractivity contribution >= 4 is 17.0 Å². The van der Waals surface area contributed by atoms with Crippen LogP contribution in [0.1, 0.15) is 26.2 Å². The van der Waals surface area contributed by atoms with Crippen LogP contribution in [-0.2, 0) is 0 Å². The van der Waals surface area contributed by atoms with Gasteiger partial charge in [0.25, 0.3) is 0 Å². The van der Waals surface area contributed by atoms with E-state index in [2.05, 4.69) is 27.1 Å². The summed E-state index contributed by atoms with van der Waals surface area (Å²) in [6.45, 7) is 6.36. The van der Waals surface area contributed by atoms with Crippen LogP contribution in [0.4, 0.5) is 10.3 Å². The summed E-state index contributed by atoms with van der Waals surface area (Å²) in [4.78, 5) is 10.2. The molecule has 0 saturated carbocycles. The number of rotatable bonds is 5. The highest BCUT2D eigenvalue weighted by molar-refractivity contribution is 5.77. The van der Waals surface area contributed by atoms with Gasteiger partial charge in [-0.15, -0.1) is 0 Å². The molecular weight excluding hydrogens is 267 g/mol. The van der Waals surface area contributed by atoms with E-state index in [1.807, 2.05) is 0 Å². The molecule has 1 aromatic heterocycles. The second kappa shape index (κ2) is 6.43. The van der Waals surface area contributed by atoms with Crippen molar-refractivity contribution in [1.29, 1.82) is 0 Å². The molecule has 1 aliphatic heterocycles. The third-order valence-corrected chi connectivity index (χ3v) is 4.10. The molecule has 2 aromatic rings. The number of hydrogen-bond acceptors (Lipinski definition) is 3. The highest BCUT2D eigenvalue weighted by Crippen LogP contribution is 2.21. The van der Waals surface area contributed by atoms with Crippen LogP contribution in [0.3, 0.4) is 0 Å². The summed E-state index contributed by atoms with van der Waals surface area (Å²) in [5.41, 5.74) is 1.60. The number of aromatic amines is 1. The van der Waals surface area contributed by atoms with Crippen molar-refractivity contribution < 1.29 is 4.39 Å². The second-order valence-corrected chi connectivity index (χ2v) is 5.88. The van der Waals surface area contributed by atoms with Crippen molar-refractivity contribution in [2.24, 2.45) is 5.92 Å². The fourth-order valence-electron chi connectivity index (χ4n) is 3.06. The van der Waals surface area contributed by atoms with Gasteiger partial charge in [0, 0.05) is 13.1 Å². The molecule has 2 heterocycles. The van der Waals surface area contributed by atoms with Crippen LogP contribution < -0.4 is 10.2 Å². The first kappa shape index (κ1) is 14.3. The van der Waals surface area contributed by atoms with E-state index in [-0.39, 0.29) is 5.82 Å². The molecule has 1 aromatic carbocycles. The summed E-state index contributed by atoms with van der Waals surface area (Å²) in [7, 11) is 0. The van der Waals surface area contributed by atoms with Gasteiger partial charge in [-0.25, -0.2) is 9.37 Å². The first-order valence-electron chi connectivity index (χ1n) is 7.87. The normalized spacial score (nSPS) is 19.0. The van der Waals surface area contributed by atoms with E-state index >= 15 is 0 Å². The number of nitrogens with one attached hydrogen (secondary N) is 2. The lowest BCUT2D eigenvalue weighted by Gasteiger charge is -2.29. The van der Waals surface area contributed by atoms with Crippen LogP contribution in [0, 0.1) is 11.7 Å². The second-order valence-electron chi connectivity index (χ2n) is 5.88. The molecule has 1 saturated heterocycles. The van der Waals surface area contributed by atoms with Crippen LogP contribution in [0.2, 0.25) is 0 Å². The van der Waals surface area contributed by atoms with Crippen LogP contribution >= 0.6 is 0 Å². The minimum atomic E-state index is -0.226. The molecule has 1 fully saturated rings. The van der Waals surface area contributed by atoms with Gasteiger partial charge in [-0.05, 0) is 56.5 Å². The summed E-state index contributed by atoms with van der Waals surface area (Å²) < 4.78 is 13.3. The number of aromatic nitrogens is 2. The highest BCUT2D eigenvalue weighted by Gasteiger charge is 2.19. The van der Waals surface area contributed by atoms with Gasteiger partial charge in [0.15, 0.2) is 0 Å². The topological polar surface area (TPSA) is 44.0 Å². The molecule has 5 heteroatoms. The van der Waals surface area contributed by atoms with E-state index in [0.29, 0.717) is 5.92 Å². The predicted molar refractivity (Wildman–Crippen MR) is 84.1 cm³/mol. The molecule has 2 N–H and O–H groups in total. The van der Waals surface area contributed by atoms with E-state index in [4.69, 9.17) is 0 Å². The molecule has 114 valence electrons. The van der Waals surface area contributed by atoms with Gasteiger partial charge in [-0.1, -0.05) is 6.92 Å². The van der Waals surface area contributed by atoms with Gasteiger partial charge in [-0.2, -0.15) is 0 Å².